The Morgan fingerprint density at radius 2 is 1.81 bits per heavy atom. The number of aromatic nitrogens is 2. The first-order chi connectivity index (χ1) is 15.6. The van der Waals surface area contributed by atoms with Crippen molar-refractivity contribution in [3.63, 3.8) is 0 Å². The van der Waals surface area contributed by atoms with Crippen molar-refractivity contribution in [2.75, 3.05) is 25.1 Å². The first-order valence-corrected chi connectivity index (χ1v) is 11.2. The molecule has 0 spiro atoms. The molecular formula is C25H30N4O3. The number of piperidine rings is 1. The van der Waals surface area contributed by atoms with Gasteiger partial charge in [0.05, 0.1) is 13.2 Å². The molecule has 2 heterocycles. The van der Waals surface area contributed by atoms with E-state index in [1.165, 1.54) is 5.56 Å². The van der Waals surface area contributed by atoms with Crippen LogP contribution in [0.1, 0.15) is 43.9 Å². The molecule has 0 saturated carbocycles. The van der Waals surface area contributed by atoms with Crippen molar-refractivity contribution in [2.24, 2.45) is 5.92 Å². The Bertz CT molecular complexity index is 1020. The van der Waals surface area contributed by atoms with Gasteiger partial charge in [0.1, 0.15) is 5.75 Å². The van der Waals surface area contributed by atoms with Crippen LogP contribution in [0.3, 0.4) is 0 Å². The zero-order valence-corrected chi connectivity index (χ0v) is 18.9. The molecule has 1 aliphatic rings. The first kappa shape index (κ1) is 21.9. The highest BCUT2D eigenvalue weighted by Gasteiger charge is 2.28. The third-order valence-electron chi connectivity index (χ3n) is 6.13. The molecule has 3 aromatic rings. The van der Waals surface area contributed by atoms with Crippen molar-refractivity contribution in [1.82, 2.24) is 15.5 Å². The lowest BCUT2D eigenvalue weighted by molar-refractivity contribution is -0.126. The quantitative estimate of drug-likeness (QED) is 0.594. The van der Waals surface area contributed by atoms with Gasteiger partial charge in [-0.2, -0.15) is 0 Å². The van der Waals surface area contributed by atoms with Crippen LogP contribution in [-0.4, -0.2) is 36.3 Å². The number of anilines is 1. The third-order valence-corrected chi connectivity index (χ3v) is 6.13. The summed E-state index contributed by atoms with van der Waals surface area (Å²) in [7, 11) is 1.63. The number of rotatable bonds is 7. The Kier molecular flexibility index (Phi) is 6.73. The average molecular weight is 435 g/mol. The maximum absolute atomic E-state index is 12.8. The van der Waals surface area contributed by atoms with Gasteiger partial charge < -0.3 is 19.4 Å². The molecule has 1 N–H and O–H groups in total. The summed E-state index contributed by atoms with van der Waals surface area (Å²) < 4.78 is 11.1. The highest BCUT2D eigenvalue weighted by Crippen LogP contribution is 2.27. The number of aryl methyl sites for hydroxylation is 1. The SMILES string of the molecule is CCc1ccc(C(C)NC(=O)C2CCN(c3nnc(-c4ccc(OC)cc4)o3)CC2)cc1. The van der Waals surface area contributed by atoms with Crippen LogP contribution in [0.25, 0.3) is 11.5 Å². The van der Waals surface area contributed by atoms with E-state index in [0.29, 0.717) is 25.0 Å². The number of hydrogen-bond acceptors (Lipinski definition) is 6. The topological polar surface area (TPSA) is 80.5 Å². The Morgan fingerprint density at radius 1 is 1.12 bits per heavy atom. The van der Waals surface area contributed by atoms with Crippen molar-refractivity contribution in [3.05, 3.63) is 59.7 Å². The van der Waals surface area contributed by atoms with Crippen molar-refractivity contribution < 1.29 is 13.9 Å². The Balaban J connectivity index is 1.30. The van der Waals surface area contributed by atoms with Gasteiger partial charge >= 0.3 is 6.01 Å². The number of carbonyl (C=O) groups is 1. The minimum absolute atomic E-state index is 0.00516. The molecule has 2 aromatic carbocycles. The molecule has 1 aromatic heterocycles. The summed E-state index contributed by atoms with van der Waals surface area (Å²) in [5, 5.41) is 11.6. The second-order valence-corrected chi connectivity index (χ2v) is 8.21. The first-order valence-electron chi connectivity index (χ1n) is 11.2. The van der Waals surface area contributed by atoms with Crippen LogP contribution in [-0.2, 0) is 11.2 Å². The zero-order chi connectivity index (χ0) is 22.5. The Labute approximate surface area is 188 Å². The van der Waals surface area contributed by atoms with E-state index in [2.05, 4.69) is 51.6 Å². The van der Waals surface area contributed by atoms with Gasteiger partial charge in [-0.15, -0.1) is 5.10 Å². The monoisotopic (exact) mass is 434 g/mol. The number of hydrogen-bond donors (Lipinski definition) is 1. The minimum atomic E-state index is -0.00686. The molecule has 32 heavy (non-hydrogen) atoms. The van der Waals surface area contributed by atoms with Crippen molar-refractivity contribution in [1.29, 1.82) is 0 Å². The molecule has 1 atom stereocenters. The van der Waals surface area contributed by atoms with E-state index in [0.717, 1.165) is 36.1 Å². The van der Waals surface area contributed by atoms with Crippen LogP contribution in [0, 0.1) is 5.92 Å². The van der Waals surface area contributed by atoms with E-state index in [1.807, 2.05) is 31.2 Å². The van der Waals surface area contributed by atoms with Gasteiger partial charge in [0.25, 0.3) is 0 Å². The number of carbonyl (C=O) groups excluding carboxylic acids is 1. The predicted molar refractivity (Wildman–Crippen MR) is 124 cm³/mol. The van der Waals surface area contributed by atoms with Gasteiger partial charge in [-0.25, -0.2) is 0 Å². The lowest BCUT2D eigenvalue weighted by Crippen LogP contribution is -2.41. The lowest BCUT2D eigenvalue weighted by Gasteiger charge is -2.30. The molecule has 1 amide bonds. The van der Waals surface area contributed by atoms with E-state index in [9.17, 15) is 4.79 Å². The van der Waals surface area contributed by atoms with E-state index in [-0.39, 0.29) is 17.9 Å². The van der Waals surface area contributed by atoms with Crippen LogP contribution in [0.2, 0.25) is 0 Å². The molecular weight excluding hydrogens is 404 g/mol. The van der Waals surface area contributed by atoms with Crippen LogP contribution >= 0.6 is 0 Å². The largest absolute Gasteiger partial charge is 0.497 e. The summed E-state index contributed by atoms with van der Waals surface area (Å²) >= 11 is 0. The zero-order valence-electron chi connectivity index (χ0n) is 18.9. The smallest absolute Gasteiger partial charge is 0.318 e. The fraction of sp³-hybridized carbons (Fsp3) is 0.400. The predicted octanol–water partition coefficient (Wildman–Crippen LogP) is 4.40. The molecule has 1 fully saturated rings. The fourth-order valence-corrected chi connectivity index (χ4v) is 3.98. The number of nitrogens with zero attached hydrogens (tertiary/aromatic N) is 3. The van der Waals surface area contributed by atoms with Gasteiger partial charge in [-0.05, 0) is 61.6 Å². The highest BCUT2D eigenvalue weighted by atomic mass is 16.5. The van der Waals surface area contributed by atoms with Gasteiger partial charge in [0, 0.05) is 24.6 Å². The van der Waals surface area contributed by atoms with Crippen molar-refractivity contribution >= 4 is 11.9 Å². The van der Waals surface area contributed by atoms with Gasteiger partial charge in [0.2, 0.25) is 11.8 Å². The van der Waals surface area contributed by atoms with Gasteiger partial charge in [-0.1, -0.05) is 36.3 Å². The minimum Gasteiger partial charge on any atom is -0.497 e. The molecule has 4 rings (SSSR count). The summed E-state index contributed by atoms with van der Waals surface area (Å²) in [6.45, 7) is 5.59. The summed E-state index contributed by atoms with van der Waals surface area (Å²) in [5.74, 6) is 1.36. The third kappa shape index (κ3) is 4.93. The molecule has 7 heteroatoms. The number of benzene rings is 2. The standard InChI is InChI=1S/C25H30N4O3/c1-4-18-5-7-19(8-6-18)17(2)26-23(30)20-13-15-29(16-14-20)25-28-27-24(32-25)21-9-11-22(31-3)12-10-21/h5-12,17,20H,4,13-16H2,1-3H3,(H,26,30). The Morgan fingerprint density at radius 3 is 2.44 bits per heavy atom. The second-order valence-electron chi connectivity index (χ2n) is 8.21. The molecule has 7 nitrogen and oxygen atoms in total. The Hall–Kier alpha value is -3.35. The number of methoxy groups -OCH3 is 1. The van der Waals surface area contributed by atoms with E-state index >= 15 is 0 Å². The van der Waals surface area contributed by atoms with Crippen LogP contribution in [0.5, 0.6) is 5.75 Å². The lowest BCUT2D eigenvalue weighted by atomic mass is 9.95. The normalized spacial score (nSPS) is 15.4. The second kappa shape index (κ2) is 9.85. The highest BCUT2D eigenvalue weighted by molar-refractivity contribution is 5.79. The summed E-state index contributed by atoms with van der Waals surface area (Å²) in [6, 6.07) is 16.5. The van der Waals surface area contributed by atoms with E-state index in [4.69, 9.17) is 9.15 Å². The van der Waals surface area contributed by atoms with Crippen molar-refractivity contribution in [2.45, 2.75) is 39.2 Å². The molecule has 1 aliphatic heterocycles. The average Bonchev–Trinajstić information content (AvgIpc) is 3.34. The van der Waals surface area contributed by atoms with Crippen LogP contribution < -0.4 is 15.0 Å². The number of amides is 1. The summed E-state index contributed by atoms with van der Waals surface area (Å²) in [6.07, 6.45) is 2.53. The molecule has 0 bridgehead atoms. The molecule has 1 unspecified atom stereocenters. The maximum atomic E-state index is 12.8. The van der Waals surface area contributed by atoms with E-state index < -0.39 is 0 Å². The van der Waals surface area contributed by atoms with E-state index in [1.54, 1.807) is 7.11 Å². The fourth-order valence-electron chi connectivity index (χ4n) is 3.98. The molecule has 0 radical (unpaired) electrons. The molecule has 168 valence electrons. The van der Waals surface area contributed by atoms with Crippen LogP contribution in [0.15, 0.2) is 52.9 Å². The number of ether oxygens (including phenoxy) is 1. The number of nitrogens with one attached hydrogen (secondary N) is 1. The van der Waals surface area contributed by atoms with Crippen LogP contribution in [0.4, 0.5) is 6.01 Å². The molecule has 0 aliphatic carbocycles. The maximum Gasteiger partial charge on any atom is 0.318 e. The summed E-state index contributed by atoms with van der Waals surface area (Å²) in [5.41, 5.74) is 3.28. The summed E-state index contributed by atoms with van der Waals surface area (Å²) in [4.78, 5) is 14.9. The van der Waals surface area contributed by atoms with Gasteiger partial charge in [-0.3, -0.25) is 4.79 Å². The molecule has 1 saturated heterocycles. The van der Waals surface area contributed by atoms with Crippen molar-refractivity contribution in [3.8, 4) is 17.2 Å². The van der Waals surface area contributed by atoms with Gasteiger partial charge in [0.15, 0.2) is 0 Å².